The van der Waals surface area contributed by atoms with Crippen molar-refractivity contribution in [2.45, 2.75) is 44.1 Å². The Morgan fingerprint density at radius 3 is 2.16 bits per heavy atom. The molecule has 2 heterocycles. The molecule has 1 atom stereocenters. The van der Waals surface area contributed by atoms with Crippen molar-refractivity contribution in [2.24, 2.45) is 0 Å². The molecule has 196 valence electrons. The van der Waals surface area contributed by atoms with E-state index in [-0.39, 0.29) is 40.1 Å². The zero-order valence-electron chi connectivity index (χ0n) is 20.0. The van der Waals surface area contributed by atoms with Gasteiger partial charge in [-0.3, -0.25) is 9.78 Å². The smallest absolute Gasteiger partial charge is 0.386 e. The number of benzene rings is 2. The summed E-state index contributed by atoms with van der Waals surface area (Å²) in [6.07, 6.45) is -5.91. The number of nitrogens with zero attached hydrogens (tertiary/aromatic N) is 2. The molecule has 1 aliphatic heterocycles. The number of hydrogen-bond acceptors (Lipinski definition) is 3. The minimum Gasteiger partial charge on any atom is -0.386 e. The van der Waals surface area contributed by atoms with E-state index in [0.29, 0.717) is 25.2 Å². The van der Waals surface area contributed by atoms with Crippen LogP contribution in [0, 0.1) is 0 Å². The van der Waals surface area contributed by atoms with Gasteiger partial charge in [0.05, 0.1) is 16.7 Å². The van der Waals surface area contributed by atoms with E-state index in [2.05, 4.69) is 4.98 Å². The van der Waals surface area contributed by atoms with E-state index in [9.17, 15) is 36.2 Å². The molecule has 0 bridgehead atoms. The Morgan fingerprint density at radius 2 is 1.62 bits per heavy atom. The zero-order valence-corrected chi connectivity index (χ0v) is 20.0. The summed E-state index contributed by atoms with van der Waals surface area (Å²) in [6, 6.07) is 8.99. The lowest BCUT2D eigenvalue weighted by molar-refractivity contribution is -0.143. The lowest BCUT2D eigenvalue weighted by Gasteiger charge is -2.25. The van der Waals surface area contributed by atoms with Gasteiger partial charge in [-0.05, 0) is 78.9 Å². The van der Waals surface area contributed by atoms with Crippen LogP contribution in [0.3, 0.4) is 0 Å². The van der Waals surface area contributed by atoms with Crippen molar-refractivity contribution >= 4 is 5.91 Å². The molecule has 0 saturated carbocycles. The average Bonchev–Trinajstić information content (AvgIpc) is 3.32. The van der Waals surface area contributed by atoms with Crippen molar-refractivity contribution in [1.29, 1.82) is 0 Å². The first-order valence-electron chi connectivity index (χ1n) is 11.5. The fourth-order valence-corrected chi connectivity index (χ4v) is 4.56. The quantitative estimate of drug-likeness (QED) is 0.391. The fraction of sp³-hybridized carbons (Fsp3) is 0.333. The third kappa shape index (κ3) is 5.79. The number of hydrogen-bond donors (Lipinski definition) is 1. The molecule has 0 spiro atoms. The lowest BCUT2D eigenvalue weighted by Crippen LogP contribution is -2.29. The maximum absolute atomic E-state index is 13.4. The van der Waals surface area contributed by atoms with Gasteiger partial charge in [0.15, 0.2) is 0 Å². The molecule has 0 aliphatic carbocycles. The molecule has 2 aromatic carbocycles. The molecule has 1 amide bonds. The van der Waals surface area contributed by atoms with Crippen LogP contribution in [0.5, 0.6) is 0 Å². The number of alkyl halides is 6. The molecule has 1 aromatic heterocycles. The van der Waals surface area contributed by atoms with Crippen molar-refractivity contribution in [2.75, 3.05) is 13.1 Å². The Hall–Kier alpha value is -3.40. The number of aliphatic hydroxyl groups is 1. The van der Waals surface area contributed by atoms with Gasteiger partial charge in [-0.1, -0.05) is 12.1 Å². The molecular formula is C27H24F6N2O2. The third-order valence-electron chi connectivity index (χ3n) is 6.46. The van der Waals surface area contributed by atoms with Crippen LogP contribution in [-0.4, -0.2) is 34.0 Å². The first-order chi connectivity index (χ1) is 17.1. The van der Waals surface area contributed by atoms with Gasteiger partial charge in [0.25, 0.3) is 5.91 Å². The standard InChI is InChI=1S/C27H24F6N2O2/c1-25(2,37)23-12-16(24(36)35-9-7-18(15-35)17-4-3-8-34-14-17)5-6-22(23)19-10-20(26(28,29)30)13-21(11-19)27(31,32)33/h3-6,8,10-14,18,37H,7,9,15H2,1-2H3. The van der Waals surface area contributed by atoms with Crippen molar-refractivity contribution in [1.82, 2.24) is 9.88 Å². The molecule has 37 heavy (non-hydrogen) atoms. The molecule has 4 nitrogen and oxygen atoms in total. The molecule has 1 saturated heterocycles. The third-order valence-corrected chi connectivity index (χ3v) is 6.46. The summed E-state index contributed by atoms with van der Waals surface area (Å²) >= 11 is 0. The van der Waals surface area contributed by atoms with Crippen molar-refractivity contribution in [3.8, 4) is 11.1 Å². The maximum atomic E-state index is 13.4. The van der Waals surface area contributed by atoms with Crippen LogP contribution in [-0.2, 0) is 18.0 Å². The highest BCUT2D eigenvalue weighted by Gasteiger charge is 2.38. The van der Waals surface area contributed by atoms with Gasteiger partial charge < -0.3 is 10.0 Å². The number of rotatable bonds is 4. The Morgan fingerprint density at radius 1 is 0.973 bits per heavy atom. The Balaban J connectivity index is 1.73. The van der Waals surface area contributed by atoms with E-state index < -0.39 is 29.1 Å². The van der Waals surface area contributed by atoms with Gasteiger partial charge in [0.2, 0.25) is 0 Å². The second-order valence-corrected chi connectivity index (χ2v) is 9.64. The second kappa shape index (κ2) is 9.48. The molecule has 4 rings (SSSR count). The van der Waals surface area contributed by atoms with E-state index in [1.165, 1.54) is 32.0 Å². The topological polar surface area (TPSA) is 53.4 Å². The van der Waals surface area contributed by atoms with Gasteiger partial charge in [-0.25, -0.2) is 0 Å². The lowest BCUT2D eigenvalue weighted by atomic mass is 9.86. The Bertz CT molecular complexity index is 1260. The zero-order chi connectivity index (χ0) is 27.2. The summed E-state index contributed by atoms with van der Waals surface area (Å²) in [5.41, 5.74) is -3.77. The normalized spacial score (nSPS) is 16.8. The van der Waals surface area contributed by atoms with Gasteiger partial charge in [0.1, 0.15) is 0 Å². The maximum Gasteiger partial charge on any atom is 0.416 e. The molecule has 1 aliphatic rings. The van der Waals surface area contributed by atoms with Crippen LogP contribution in [0.2, 0.25) is 0 Å². The predicted octanol–water partition coefficient (Wildman–Crippen LogP) is 6.64. The predicted molar refractivity (Wildman–Crippen MR) is 125 cm³/mol. The van der Waals surface area contributed by atoms with Crippen LogP contribution in [0.25, 0.3) is 11.1 Å². The minimum absolute atomic E-state index is 0.0321. The number of aromatic nitrogens is 1. The van der Waals surface area contributed by atoms with Crippen LogP contribution in [0.4, 0.5) is 26.3 Å². The first-order valence-corrected chi connectivity index (χ1v) is 11.5. The number of likely N-dealkylation sites (tertiary alicyclic amines) is 1. The van der Waals surface area contributed by atoms with E-state index >= 15 is 0 Å². The van der Waals surface area contributed by atoms with Crippen molar-refractivity contribution < 1.29 is 36.2 Å². The largest absolute Gasteiger partial charge is 0.416 e. The van der Waals surface area contributed by atoms with Gasteiger partial charge in [0, 0.05) is 37.0 Å². The Kier molecular flexibility index (Phi) is 6.83. The molecule has 0 radical (unpaired) electrons. The number of pyridine rings is 1. The minimum atomic E-state index is -5.01. The van der Waals surface area contributed by atoms with Crippen LogP contribution >= 0.6 is 0 Å². The molecule has 3 aromatic rings. The first kappa shape index (κ1) is 26.7. The highest BCUT2D eigenvalue weighted by molar-refractivity contribution is 5.95. The molecule has 10 heteroatoms. The van der Waals surface area contributed by atoms with Gasteiger partial charge in [-0.2, -0.15) is 26.3 Å². The SMILES string of the molecule is CC(C)(O)c1cc(C(=O)N2CCC(c3cccnc3)C2)ccc1-c1cc(C(F)(F)F)cc(C(F)(F)F)c1. The van der Waals surface area contributed by atoms with Crippen molar-refractivity contribution in [3.63, 3.8) is 0 Å². The summed E-state index contributed by atoms with van der Waals surface area (Å²) in [4.78, 5) is 19.0. The van der Waals surface area contributed by atoms with E-state index in [4.69, 9.17) is 0 Å². The summed E-state index contributed by atoms with van der Waals surface area (Å²) in [5.74, 6) is -0.250. The van der Waals surface area contributed by atoms with Crippen molar-refractivity contribution in [3.05, 3.63) is 88.7 Å². The average molecular weight is 522 g/mol. The highest BCUT2D eigenvalue weighted by atomic mass is 19.4. The van der Waals surface area contributed by atoms with Crippen LogP contribution in [0.15, 0.2) is 60.9 Å². The number of carbonyl (C=O) groups excluding carboxylic acids is 1. The summed E-state index contributed by atoms with van der Waals surface area (Å²) in [7, 11) is 0. The molecular weight excluding hydrogens is 498 g/mol. The molecule has 1 unspecified atom stereocenters. The Labute approximate surface area is 209 Å². The summed E-state index contributed by atoms with van der Waals surface area (Å²) < 4.78 is 80.5. The highest BCUT2D eigenvalue weighted by Crippen LogP contribution is 2.41. The summed E-state index contributed by atoms with van der Waals surface area (Å²) in [6.45, 7) is 3.62. The fourth-order valence-electron chi connectivity index (χ4n) is 4.56. The van der Waals surface area contributed by atoms with E-state index in [1.54, 1.807) is 17.3 Å². The summed E-state index contributed by atoms with van der Waals surface area (Å²) in [5, 5.41) is 10.8. The van der Waals surface area contributed by atoms with E-state index in [0.717, 1.165) is 12.0 Å². The molecule has 1 fully saturated rings. The van der Waals surface area contributed by atoms with Crippen LogP contribution < -0.4 is 0 Å². The van der Waals surface area contributed by atoms with E-state index in [1.807, 2.05) is 12.1 Å². The van der Waals surface area contributed by atoms with Gasteiger partial charge >= 0.3 is 12.4 Å². The molecule has 1 N–H and O–H groups in total. The van der Waals surface area contributed by atoms with Crippen LogP contribution in [0.1, 0.15) is 58.8 Å². The monoisotopic (exact) mass is 522 g/mol. The number of carbonyl (C=O) groups is 1. The second-order valence-electron chi connectivity index (χ2n) is 9.64. The van der Waals surface area contributed by atoms with Gasteiger partial charge in [-0.15, -0.1) is 0 Å². The number of halogens is 6. The number of amides is 1.